The highest BCUT2D eigenvalue weighted by molar-refractivity contribution is 6.14. The van der Waals surface area contributed by atoms with E-state index >= 15 is 0 Å². The molecule has 6 heterocycles. The normalized spacial score (nSPS) is 12.3. The summed E-state index contributed by atoms with van der Waals surface area (Å²) in [7, 11) is 0. The van der Waals surface area contributed by atoms with Gasteiger partial charge in [0.15, 0.2) is 0 Å². The minimum atomic E-state index is 0.813. The van der Waals surface area contributed by atoms with Gasteiger partial charge in [0.2, 0.25) is 0 Å². The molecule has 0 radical (unpaired) electrons. The molecule has 0 aliphatic rings. The quantitative estimate of drug-likeness (QED) is 0.135. The lowest BCUT2D eigenvalue weighted by Crippen LogP contribution is -2.00. The van der Waals surface area contributed by atoms with Gasteiger partial charge >= 0.3 is 0 Å². The number of hydrogen-bond donors (Lipinski definition) is 0. The van der Waals surface area contributed by atoms with Crippen molar-refractivity contribution in [3.63, 3.8) is 0 Å². The Balaban J connectivity index is 0.984. The van der Waals surface area contributed by atoms with Crippen LogP contribution in [0.5, 0.6) is 0 Å². The van der Waals surface area contributed by atoms with E-state index in [4.69, 9.17) is 17.7 Å². The first-order valence-corrected chi connectivity index (χ1v) is 27.0. The molecule has 79 heavy (non-hydrogen) atoms. The summed E-state index contributed by atoms with van der Waals surface area (Å²) in [5.74, 6) is 4.28. The Hall–Kier alpha value is -10.0. The molecule has 0 aliphatic heterocycles. The van der Waals surface area contributed by atoms with Gasteiger partial charge in [0.25, 0.3) is 0 Å². The molecular formula is C73H52N2O4. The van der Waals surface area contributed by atoms with Gasteiger partial charge in [-0.15, -0.1) is 0 Å². The summed E-state index contributed by atoms with van der Waals surface area (Å²) in [4.78, 5) is 0. The molecule has 0 spiro atoms. The fourth-order valence-corrected chi connectivity index (χ4v) is 12.3. The predicted octanol–water partition coefficient (Wildman–Crippen LogP) is 20.9. The molecular weight excluding hydrogens is 969 g/mol. The number of benzene rings is 9. The summed E-state index contributed by atoms with van der Waals surface area (Å²) in [5.41, 5.74) is 19.7. The van der Waals surface area contributed by atoms with E-state index in [9.17, 15) is 0 Å². The highest BCUT2D eigenvalue weighted by Crippen LogP contribution is 2.45. The van der Waals surface area contributed by atoms with Gasteiger partial charge < -0.3 is 26.8 Å². The van der Waals surface area contributed by atoms with Gasteiger partial charge in [-0.25, -0.2) is 0 Å². The standard InChI is InChI=1S/C73H52N2O4/c1-6-7-9-20-55-35-43(2)70(76-55)48-27-31-63-59(38-48)60-39-49(71-44(3)56-21-12-15-24-67(56)77-71)28-32-64(60)74(63)53-36-52(47-18-10-8-11-19-47)37-54(42-53)75-65-33-29-50(72-45(4)57-22-13-16-25-68(57)78-72)40-61(65)62-41-51(30-34-66(62)75)73-46(5)58-23-14-17-26-69(58)79-73/h6-42H,1-5H3/b7-6-,20-9-. The fourth-order valence-electron chi connectivity index (χ4n) is 12.3. The Morgan fingerprint density at radius 2 is 0.709 bits per heavy atom. The van der Waals surface area contributed by atoms with E-state index in [1.165, 1.54) is 0 Å². The molecule has 0 saturated heterocycles. The van der Waals surface area contributed by atoms with Gasteiger partial charge in [-0.2, -0.15) is 0 Å². The summed E-state index contributed by atoms with van der Waals surface area (Å²) in [6.07, 6.45) is 8.05. The Kier molecular flexibility index (Phi) is 10.6. The first-order chi connectivity index (χ1) is 38.8. The minimum Gasteiger partial charge on any atom is -0.456 e. The largest absolute Gasteiger partial charge is 0.456 e. The molecule has 9 aromatic carbocycles. The van der Waals surface area contributed by atoms with E-state index < -0.39 is 0 Å². The zero-order chi connectivity index (χ0) is 53.0. The Bertz CT molecular complexity index is 4880. The van der Waals surface area contributed by atoms with E-state index in [-0.39, 0.29) is 0 Å². The molecule has 6 heteroatoms. The Morgan fingerprint density at radius 3 is 1.11 bits per heavy atom. The van der Waals surface area contributed by atoms with Crippen molar-refractivity contribution in [1.29, 1.82) is 0 Å². The van der Waals surface area contributed by atoms with E-state index in [1.54, 1.807) is 0 Å². The number of rotatable bonds is 9. The average molecular weight is 1020 g/mol. The topological polar surface area (TPSA) is 62.4 Å². The van der Waals surface area contributed by atoms with Crippen LogP contribution in [0.2, 0.25) is 0 Å². The number of allylic oxidation sites excluding steroid dienone is 3. The van der Waals surface area contributed by atoms with Crippen LogP contribution in [0.25, 0.3) is 150 Å². The molecule has 0 unspecified atom stereocenters. The first-order valence-electron chi connectivity index (χ1n) is 27.0. The van der Waals surface area contributed by atoms with Crippen LogP contribution in [0.3, 0.4) is 0 Å². The maximum Gasteiger partial charge on any atom is 0.138 e. The van der Waals surface area contributed by atoms with Crippen LogP contribution in [-0.4, -0.2) is 9.13 Å². The van der Waals surface area contributed by atoms with E-state index in [0.29, 0.717) is 0 Å². The SMILES string of the molecule is C/C=C\C=C/c1cc(C)c(-c2ccc3c(c2)c2cc(-c4oc5ccccc5c4C)ccc2n3-c2cc(-c3ccccc3)cc(-n3c4ccc(-c5oc6ccccc6c5C)cc4c4cc(-c5oc6ccccc6c5C)ccc43)c2)o1. The number of nitrogens with zero attached hydrogens (tertiary/aromatic N) is 2. The molecule has 15 aromatic rings. The van der Waals surface area contributed by atoms with Crippen molar-refractivity contribution < 1.29 is 17.7 Å². The summed E-state index contributed by atoms with van der Waals surface area (Å²) in [6, 6.07) is 71.8. The molecule has 0 atom stereocenters. The summed E-state index contributed by atoms with van der Waals surface area (Å²) < 4.78 is 31.4. The number of fused-ring (bicyclic) bond motifs is 9. The molecule has 15 rings (SSSR count). The highest BCUT2D eigenvalue weighted by atomic mass is 16.3. The maximum absolute atomic E-state index is 6.64. The first kappa shape index (κ1) is 46.3. The number of aromatic nitrogens is 2. The number of furan rings is 4. The molecule has 0 aliphatic carbocycles. The van der Waals surface area contributed by atoms with Crippen molar-refractivity contribution in [3.05, 3.63) is 246 Å². The molecule has 0 N–H and O–H groups in total. The summed E-state index contributed by atoms with van der Waals surface area (Å²) in [5, 5.41) is 7.79. The van der Waals surface area contributed by atoms with Crippen LogP contribution in [0.1, 0.15) is 34.9 Å². The molecule has 378 valence electrons. The van der Waals surface area contributed by atoms with Gasteiger partial charge in [0.1, 0.15) is 45.6 Å². The van der Waals surface area contributed by atoms with Crippen molar-refractivity contribution in [2.75, 3.05) is 0 Å². The van der Waals surface area contributed by atoms with Gasteiger partial charge in [-0.05, 0) is 173 Å². The van der Waals surface area contributed by atoms with Crippen molar-refractivity contribution >= 4 is 82.6 Å². The van der Waals surface area contributed by atoms with Gasteiger partial charge in [0.05, 0.1) is 22.1 Å². The zero-order valence-corrected chi connectivity index (χ0v) is 44.4. The lowest BCUT2D eigenvalue weighted by atomic mass is 10.0. The van der Waals surface area contributed by atoms with Crippen LogP contribution in [0.4, 0.5) is 0 Å². The molecule has 0 bridgehead atoms. The second kappa shape index (κ2) is 18.0. The van der Waals surface area contributed by atoms with Gasteiger partial charge in [0, 0.05) is 88.0 Å². The highest BCUT2D eigenvalue weighted by Gasteiger charge is 2.24. The Morgan fingerprint density at radius 1 is 0.316 bits per heavy atom. The van der Waals surface area contributed by atoms with Crippen LogP contribution >= 0.6 is 0 Å². The zero-order valence-electron chi connectivity index (χ0n) is 44.4. The van der Waals surface area contributed by atoms with Crippen molar-refractivity contribution in [1.82, 2.24) is 9.13 Å². The lowest BCUT2D eigenvalue weighted by Gasteiger charge is -2.16. The number of para-hydroxylation sites is 3. The molecule has 6 nitrogen and oxygen atoms in total. The van der Waals surface area contributed by atoms with Gasteiger partial charge in [-0.1, -0.05) is 103 Å². The number of hydrogen-bond acceptors (Lipinski definition) is 4. The van der Waals surface area contributed by atoms with Crippen LogP contribution < -0.4 is 0 Å². The van der Waals surface area contributed by atoms with E-state index in [1.807, 2.05) is 67.6 Å². The lowest BCUT2D eigenvalue weighted by molar-refractivity contribution is 0.570. The second-order valence-electron chi connectivity index (χ2n) is 20.9. The predicted molar refractivity (Wildman–Crippen MR) is 327 cm³/mol. The average Bonchev–Trinajstić information content (AvgIpc) is 4.53. The van der Waals surface area contributed by atoms with Crippen LogP contribution in [0.15, 0.2) is 236 Å². The fraction of sp³-hybridized carbons (Fsp3) is 0.0685. The van der Waals surface area contributed by atoms with Crippen LogP contribution in [-0.2, 0) is 0 Å². The third kappa shape index (κ3) is 7.39. The van der Waals surface area contributed by atoms with E-state index in [2.05, 4.69) is 201 Å². The third-order valence-electron chi connectivity index (χ3n) is 16.1. The maximum atomic E-state index is 6.64. The second-order valence-corrected chi connectivity index (χ2v) is 20.9. The van der Waals surface area contributed by atoms with Crippen molar-refractivity contribution in [3.8, 4) is 67.8 Å². The Labute approximate surface area is 456 Å². The smallest absolute Gasteiger partial charge is 0.138 e. The third-order valence-corrected chi connectivity index (χ3v) is 16.1. The van der Waals surface area contributed by atoms with Crippen molar-refractivity contribution in [2.45, 2.75) is 34.6 Å². The van der Waals surface area contributed by atoms with Crippen LogP contribution in [0, 0.1) is 27.7 Å². The molecule has 6 aromatic heterocycles. The molecule has 0 amide bonds. The number of aryl methyl sites for hydroxylation is 4. The van der Waals surface area contributed by atoms with E-state index in [0.717, 1.165) is 172 Å². The summed E-state index contributed by atoms with van der Waals surface area (Å²) >= 11 is 0. The minimum absolute atomic E-state index is 0.813. The van der Waals surface area contributed by atoms with Gasteiger partial charge in [-0.3, -0.25) is 0 Å². The molecule has 0 fully saturated rings. The molecule has 0 saturated carbocycles. The van der Waals surface area contributed by atoms with Crippen molar-refractivity contribution in [2.24, 2.45) is 0 Å². The monoisotopic (exact) mass is 1020 g/mol. The summed E-state index contributed by atoms with van der Waals surface area (Å²) in [6.45, 7) is 10.6.